The van der Waals surface area contributed by atoms with Gasteiger partial charge in [0.05, 0.1) is 25.8 Å². The molecule has 2 amide bonds. The van der Waals surface area contributed by atoms with Gasteiger partial charge in [0.2, 0.25) is 5.91 Å². The second-order valence-corrected chi connectivity index (χ2v) is 7.96. The van der Waals surface area contributed by atoms with Gasteiger partial charge in [-0.3, -0.25) is 9.59 Å². The number of carbonyl (C=O) groups excluding carboxylic acids is 2. The standard InChI is InChI=1S/C23H35N5O4/c1-2-24-23(26-10-4-13-31-17-20-5-3-14-32-20)27-15-18-6-8-19(9-7-18)22(30)28-12-11-25-21(29)16-28/h6-9,20H,2-5,10-17H2,1H3,(H,25,29)(H2,24,26,27). The molecule has 32 heavy (non-hydrogen) atoms. The van der Waals surface area contributed by atoms with E-state index in [0.29, 0.717) is 38.4 Å². The molecule has 0 aliphatic carbocycles. The van der Waals surface area contributed by atoms with Gasteiger partial charge in [-0.2, -0.15) is 0 Å². The van der Waals surface area contributed by atoms with Crippen molar-refractivity contribution in [2.24, 2.45) is 4.99 Å². The first-order chi connectivity index (χ1) is 15.7. The van der Waals surface area contributed by atoms with Gasteiger partial charge in [0.25, 0.3) is 5.91 Å². The van der Waals surface area contributed by atoms with Crippen molar-refractivity contribution in [3.63, 3.8) is 0 Å². The molecule has 2 heterocycles. The van der Waals surface area contributed by atoms with E-state index in [1.54, 1.807) is 17.0 Å². The summed E-state index contributed by atoms with van der Waals surface area (Å²) in [4.78, 5) is 30.3. The zero-order chi connectivity index (χ0) is 22.6. The molecule has 0 spiro atoms. The molecule has 1 unspecified atom stereocenters. The lowest BCUT2D eigenvalue weighted by Gasteiger charge is -2.26. The zero-order valence-electron chi connectivity index (χ0n) is 18.9. The summed E-state index contributed by atoms with van der Waals surface area (Å²) < 4.78 is 11.2. The molecule has 9 nitrogen and oxygen atoms in total. The highest BCUT2D eigenvalue weighted by Gasteiger charge is 2.22. The van der Waals surface area contributed by atoms with Gasteiger partial charge < -0.3 is 30.3 Å². The van der Waals surface area contributed by atoms with Gasteiger partial charge in [0, 0.05) is 45.0 Å². The van der Waals surface area contributed by atoms with Crippen LogP contribution < -0.4 is 16.0 Å². The number of hydrogen-bond acceptors (Lipinski definition) is 5. The van der Waals surface area contributed by atoms with E-state index >= 15 is 0 Å². The lowest BCUT2D eigenvalue weighted by Crippen LogP contribution is -2.49. The smallest absolute Gasteiger partial charge is 0.254 e. The first kappa shape index (κ1) is 24.0. The minimum absolute atomic E-state index is 0.113. The van der Waals surface area contributed by atoms with Crippen LogP contribution in [0.2, 0.25) is 0 Å². The molecule has 1 aromatic rings. The van der Waals surface area contributed by atoms with E-state index in [4.69, 9.17) is 9.47 Å². The second-order valence-electron chi connectivity index (χ2n) is 7.96. The first-order valence-corrected chi connectivity index (χ1v) is 11.5. The van der Waals surface area contributed by atoms with Crippen molar-refractivity contribution in [3.8, 4) is 0 Å². The third kappa shape index (κ3) is 7.80. The molecule has 0 saturated carbocycles. The van der Waals surface area contributed by atoms with Gasteiger partial charge in [-0.05, 0) is 43.9 Å². The third-order valence-electron chi connectivity index (χ3n) is 5.38. The van der Waals surface area contributed by atoms with E-state index < -0.39 is 0 Å². The Labute approximate surface area is 189 Å². The van der Waals surface area contributed by atoms with Crippen LogP contribution in [-0.4, -0.2) is 81.3 Å². The van der Waals surface area contributed by atoms with Crippen molar-refractivity contribution in [3.05, 3.63) is 35.4 Å². The van der Waals surface area contributed by atoms with Crippen molar-refractivity contribution in [2.45, 2.75) is 38.8 Å². The van der Waals surface area contributed by atoms with Gasteiger partial charge in [0.1, 0.15) is 0 Å². The van der Waals surface area contributed by atoms with Gasteiger partial charge in [-0.25, -0.2) is 4.99 Å². The first-order valence-electron chi connectivity index (χ1n) is 11.5. The fourth-order valence-electron chi connectivity index (χ4n) is 3.63. The molecule has 1 aromatic carbocycles. The normalized spacial score (nSPS) is 19.0. The molecule has 2 aliphatic heterocycles. The Bertz CT molecular complexity index is 762. The van der Waals surface area contributed by atoms with Crippen LogP contribution in [0.5, 0.6) is 0 Å². The number of piperazine rings is 1. The van der Waals surface area contributed by atoms with E-state index in [0.717, 1.165) is 50.5 Å². The number of hydrogen-bond donors (Lipinski definition) is 3. The molecule has 0 bridgehead atoms. The summed E-state index contributed by atoms with van der Waals surface area (Å²) in [5.74, 6) is 0.520. The summed E-state index contributed by atoms with van der Waals surface area (Å²) in [5, 5.41) is 9.30. The van der Waals surface area contributed by atoms with E-state index in [9.17, 15) is 9.59 Å². The van der Waals surface area contributed by atoms with Gasteiger partial charge in [0.15, 0.2) is 5.96 Å². The highest BCUT2D eigenvalue weighted by molar-refractivity contribution is 5.97. The molecular weight excluding hydrogens is 410 g/mol. The summed E-state index contributed by atoms with van der Waals surface area (Å²) in [7, 11) is 0. The molecule has 3 N–H and O–H groups in total. The number of aliphatic imine (C=N–C) groups is 1. The van der Waals surface area contributed by atoms with Crippen LogP contribution >= 0.6 is 0 Å². The number of carbonyl (C=O) groups is 2. The predicted molar refractivity (Wildman–Crippen MR) is 123 cm³/mol. The molecule has 2 fully saturated rings. The topological polar surface area (TPSA) is 104 Å². The van der Waals surface area contributed by atoms with E-state index in [1.807, 2.05) is 19.1 Å². The predicted octanol–water partition coefficient (Wildman–Crippen LogP) is 0.899. The number of benzene rings is 1. The number of ether oxygens (including phenoxy) is 2. The lowest BCUT2D eigenvalue weighted by atomic mass is 10.1. The van der Waals surface area contributed by atoms with Crippen LogP contribution in [0.3, 0.4) is 0 Å². The Morgan fingerprint density at radius 1 is 1.31 bits per heavy atom. The summed E-state index contributed by atoms with van der Waals surface area (Å²) >= 11 is 0. The van der Waals surface area contributed by atoms with Crippen LogP contribution in [0, 0.1) is 0 Å². The van der Waals surface area contributed by atoms with Crippen molar-refractivity contribution < 1.29 is 19.1 Å². The summed E-state index contributed by atoms with van der Waals surface area (Å²) in [5.41, 5.74) is 1.59. The van der Waals surface area contributed by atoms with Crippen LogP contribution in [0.15, 0.2) is 29.3 Å². The molecule has 9 heteroatoms. The molecule has 2 aliphatic rings. The number of nitrogens with zero attached hydrogens (tertiary/aromatic N) is 2. The zero-order valence-corrected chi connectivity index (χ0v) is 18.9. The molecule has 2 saturated heterocycles. The van der Waals surface area contributed by atoms with Gasteiger partial charge in [-0.1, -0.05) is 12.1 Å². The highest BCUT2D eigenvalue weighted by atomic mass is 16.5. The van der Waals surface area contributed by atoms with Crippen LogP contribution in [-0.2, 0) is 20.8 Å². The number of nitrogens with one attached hydrogen (secondary N) is 3. The Morgan fingerprint density at radius 2 is 2.16 bits per heavy atom. The largest absolute Gasteiger partial charge is 0.379 e. The summed E-state index contributed by atoms with van der Waals surface area (Å²) in [6, 6.07) is 7.41. The quantitative estimate of drug-likeness (QED) is 0.281. The van der Waals surface area contributed by atoms with Crippen molar-refractivity contribution >= 4 is 17.8 Å². The Balaban J connectivity index is 1.40. The van der Waals surface area contributed by atoms with Crippen molar-refractivity contribution in [2.75, 3.05) is 52.5 Å². The average Bonchev–Trinajstić information content (AvgIpc) is 3.33. The monoisotopic (exact) mass is 445 g/mol. The fraction of sp³-hybridized carbons (Fsp3) is 0.609. The molecule has 0 aromatic heterocycles. The van der Waals surface area contributed by atoms with E-state index in [1.165, 1.54) is 0 Å². The second kappa shape index (κ2) is 13.0. The number of guanidine groups is 1. The van der Waals surface area contributed by atoms with Crippen LogP contribution in [0.1, 0.15) is 42.1 Å². The maximum absolute atomic E-state index is 12.6. The Hall–Kier alpha value is -2.65. The van der Waals surface area contributed by atoms with Crippen molar-refractivity contribution in [1.29, 1.82) is 0 Å². The molecule has 1 atom stereocenters. The van der Waals surface area contributed by atoms with Crippen LogP contribution in [0.4, 0.5) is 0 Å². The molecule has 3 rings (SSSR count). The maximum atomic E-state index is 12.6. The van der Waals surface area contributed by atoms with Gasteiger partial charge >= 0.3 is 0 Å². The van der Waals surface area contributed by atoms with Gasteiger partial charge in [-0.15, -0.1) is 0 Å². The average molecular weight is 446 g/mol. The van der Waals surface area contributed by atoms with Crippen molar-refractivity contribution in [1.82, 2.24) is 20.9 Å². The Kier molecular flexibility index (Phi) is 9.77. The van der Waals surface area contributed by atoms with E-state index in [-0.39, 0.29) is 24.5 Å². The molecule has 0 radical (unpaired) electrons. The van der Waals surface area contributed by atoms with E-state index in [2.05, 4.69) is 20.9 Å². The molecular formula is C23H35N5O4. The van der Waals surface area contributed by atoms with Crippen LogP contribution in [0.25, 0.3) is 0 Å². The SMILES string of the molecule is CCNC(=NCc1ccc(C(=O)N2CCNC(=O)C2)cc1)NCCCOCC1CCCO1. The number of rotatable bonds is 10. The number of amides is 2. The minimum Gasteiger partial charge on any atom is -0.379 e. The fourth-order valence-corrected chi connectivity index (χ4v) is 3.63. The molecule has 176 valence electrons. The highest BCUT2D eigenvalue weighted by Crippen LogP contribution is 2.12. The maximum Gasteiger partial charge on any atom is 0.254 e. The third-order valence-corrected chi connectivity index (χ3v) is 5.38. The lowest BCUT2D eigenvalue weighted by molar-refractivity contribution is -0.123. The Morgan fingerprint density at radius 3 is 2.88 bits per heavy atom. The summed E-state index contributed by atoms with van der Waals surface area (Å²) in [6.07, 6.45) is 3.39. The minimum atomic E-state index is -0.119. The summed E-state index contributed by atoms with van der Waals surface area (Å²) in [6.45, 7) is 7.46.